The second-order valence-electron chi connectivity index (χ2n) is 13.2. The summed E-state index contributed by atoms with van der Waals surface area (Å²) >= 11 is 0. The topological polar surface area (TPSA) is 68.3 Å². The van der Waals surface area contributed by atoms with Crippen LogP contribution in [-0.4, -0.2) is 61.9 Å². The predicted molar refractivity (Wildman–Crippen MR) is 166 cm³/mol. The van der Waals surface area contributed by atoms with Crippen LogP contribution in [0.4, 0.5) is 35.9 Å². The van der Waals surface area contributed by atoms with Crippen LogP contribution in [-0.2, 0) is 21.8 Å². The molecule has 0 bridgehead atoms. The number of allylic oxidation sites excluding steroid dienone is 1. The van der Waals surface area contributed by atoms with E-state index in [2.05, 4.69) is 13.8 Å². The molecule has 260 valence electrons. The molecule has 0 N–H and O–H groups in total. The van der Waals surface area contributed by atoms with Gasteiger partial charge in [0.05, 0.1) is 31.4 Å². The van der Waals surface area contributed by atoms with Crippen molar-refractivity contribution in [3.63, 3.8) is 0 Å². The van der Waals surface area contributed by atoms with Crippen LogP contribution in [0.2, 0.25) is 0 Å². The zero-order valence-electron chi connectivity index (χ0n) is 27.3. The summed E-state index contributed by atoms with van der Waals surface area (Å²) in [5.74, 6) is 0.622. The highest BCUT2D eigenvalue weighted by Crippen LogP contribution is 2.47. The molecular formula is C35H38F6N2O5. The summed E-state index contributed by atoms with van der Waals surface area (Å²) in [4.78, 5) is 28.2. The molecule has 5 rings (SSSR count). The van der Waals surface area contributed by atoms with Crippen molar-refractivity contribution in [3.8, 4) is 5.75 Å². The van der Waals surface area contributed by atoms with Crippen molar-refractivity contribution < 1.29 is 50.1 Å². The van der Waals surface area contributed by atoms with Crippen LogP contribution in [0, 0.1) is 5.41 Å². The molecule has 1 aliphatic carbocycles. The van der Waals surface area contributed by atoms with Gasteiger partial charge in [-0.15, -0.1) is 0 Å². The van der Waals surface area contributed by atoms with Crippen LogP contribution in [0.25, 0.3) is 11.1 Å². The minimum Gasteiger partial charge on any atom is -0.496 e. The van der Waals surface area contributed by atoms with Gasteiger partial charge in [0.2, 0.25) is 0 Å². The molecule has 1 saturated heterocycles. The standard InChI is InChI=1S/C35H38F6N2O5/c1-20-30(23-14-25(34(36,37)38)17-26(15-23)35(39,40)41)48-32(45)43(20)19-24-18-33(2,3)11-8-27(24)28-16-22(6-7-29(28)46-4)21-9-12-42(13-10-21)31(44)47-5/h6-7,9,14-17,20,30H,8,10-13,18-19H2,1-5H3/t20-,30-/m0/s1. The molecule has 1 fully saturated rings. The third kappa shape index (κ3) is 7.29. The van der Waals surface area contributed by atoms with Gasteiger partial charge < -0.3 is 19.1 Å². The Morgan fingerprint density at radius 1 is 1.00 bits per heavy atom. The third-order valence-electron chi connectivity index (χ3n) is 9.40. The van der Waals surface area contributed by atoms with Gasteiger partial charge in [0, 0.05) is 25.2 Å². The van der Waals surface area contributed by atoms with Gasteiger partial charge >= 0.3 is 24.5 Å². The van der Waals surface area contributed by atoms with E-state index in [4.69, 9.17) is 14.2 Å². The molecule has 0 saturated carbocycles. The van der Waals surface area contributed by atoms with Crippen LogP contribution >= 0.6 is 0 Å². The molecule has 2 aliphatic heterocycles. The second-order valence-corrected chi connectivity index (χ2v) is 13.2. The summed E-state index contributed by atoms with van der Waals surface area (Å²) in [5.41, 5.74) is 1.26. The second kappa shape index (κ2) is 13.0. The lowest BCUT2D eigenvalue weighted by molar-refractivity contribution is -0.143. The highest BCUT2D eigenvalue weighted by molar-refractivity contribution is 5.80. The Hall–Kier alpha value is -4.16. The fourth-order valence-electron chi connectivity index (χ4n) is 6.77. The highest BCUT2D eigenvalue weighted by Gasteiger charge is 2.44. The maximum atomic E-state index is 13.6. The number of rotatable bonds is 6. The van der Waals surface area contributed by atoms with Crippen molar-refractivity contribution in [1.29, 1.82) is 0 Å². The van der Waals surface area contributed by atoms with E-state index in [9.17, 15) is 35.9 Å². The summed E-state index contributed by atoms with van der Waals surface area (Å²) in [6.45, 7) is 6.74. The van der Waals surface area contributed by atoms with Gasteiger partial charge in [0.25, 0.3) is 0 Å². The number of nitrogens with zero attached hydrogens (tertiary/aromatic N) is 2. The first-order valence-corrected chi connectivity index (χ1v) is 15.6. The number of hydrogen-bond donors (Lipinski definition) is 0. The molecule has 2 aromatic carbocycles. The van der Waals surface area contributed by atoms with Crippen molar-refractivity contribution in [2.45, 2.75) is 71.0 Å². The lowest BCUT2D eigenvalue weighted by Crippen LogP contribution is -2.35. The average molecular weight is 681 g/mol. The Labute approximate surface area is 275 Å². The number of ether oxygens (including phenoxy) is 3. The van der Waals surface area contributed by atoms with E-state index in [1.54, 1.807) is 18.9 Å². The Morgan fingerprint density at radius 3 is 2.23 bits per heavy atom. The van der Waals surface area contributed by atoms with E-state index in [1.165, 1.54) is 12.0 Å². The van der Waals surface area contributed by atoms with E-state index < -0.39 is 47.8 Å². The molecule has 2 amide bonds. The zero-order valence-corrected chi connectivity index (χ0v) is 27.3. The van der Waals surface area contributed by atoms with Gasteiger partial charge in [0.15, 0.2) is 0 Å². The van der Waals surface area contributed by atoms with Gasteiger partial charge in [-0.2, -0.15) is 26.3 Å². The first kappa shape index (κ1) is 35.2. The van der Waals surface area contributed by atoms with E-state index in [1.807, 2.05) is 24.3 Å². The van der Waals surface area contributed by atoms with Crippen LogP contribution in [0.5, 0.6) is 5.75 Å². The van der Waals surface area contributed by atoms with Gasteiger partial charge in [-0.05, 0) is 96.2 Å². The van der Waals surface area contributed by atoms with Gasteiger partial charge in [0.1, 0.15) is 11.9 Å². The molecule has 13 heteroatoms. The Morgan fingerprint density at radius 2 is 1.67 bits per heavy atom. The number of alkyl halides is 6. The van der Waals surface area contributed by atoms with E-state index in [0.717, 1.165) is 34.3 Å². The highest BCUT2D eigenvalue weighted by atomic mass is 19.4. The van der Waals surface area contributed by atoms with Crippen molar-refractivity contribution in [1.82, 2.24) is 9.80 Å². The monoisotopic (exact) mass is 680 g/mol. The molecule has 0 aromatic heterocycles. The average Bonchev–Trinajstić information content (AvgIpc) is 3.31. The van der Waals surface area contributed by atoms with Crippen molar-refractivity contribution >= 4 is 23.3 Å². The van der Waals surface area contributed by atoms with Gasteiger partial charge in [-0.1, -0.05) is 26.0 Å². The largest absolute Gasteiger partial charge is 0.496 e. The SMILES string of the molecule is COC(=O)N1CC=C(c2ccc(OC)c(C3=C(CN4C(=O)O[C@H](c5cc(C(F)(F)F)cc(C(F)(F)F)c5)[C@@H]4C)CC(C)(C)CC3)c2)CC1. The Balaban J connectivity index is 1.50. The maximum Gasteiger partial charge on any atom is 0.416 e. The lowest BCUT2D eigenvalue weighted by Gasteiger charge is -2.36. The number of amides is 2. The lowest BCUT2D eigenvalue weighted by atomic mass is 9.72. The summed E-state index contributed by atoms with van der Waals surface area (Å²) in [6, 6.07) is 6.27. The van der Waals surface area contributed by atoms with E-state index in [0.29, 0.717) is 50.2 Å². The number of hydrogen-bond acceptors (Lipinski definition) is 5. The Kier molecular flexibility index (Phi) is 9.55. The molecule has 2 aromatic rings. The fourth-order valence-corrected chi connectivity index (χ4v) is 6.77. The molecule has 2 heterocycles. The number of carbonyl (C=O) groups is 2. The molecule has 0 radical (unpaired) electrons. The number of cyclic esters (lactones) is 1. The minimum absolute atomic E-state index is 0.0594. The molecule has 7 nitrogen and oxygen atoms in total. The van der Waals surface area contributed by atoms with Crippen molar-refractivity contribution in [2.75, 3.05) is 33.9 Å². The molecule has 3 aliphatic rings. The Bertz CT molecular complexity index is 1610. The van der Waals surface area contributed by atoms with Crippen LogP contribution in [0.15, 0.2) is 48.0 Å². The summed E-state index contributed by atoms with van der Waals surface area (Å²) in [6.07, 6.45) is -7.95. The predicted octanol–water partition coefficient (Wildman–Crippen LogP) is 9.13. The molecule has 2 atom stereocenters. The van der Waals surface area contributed by atoms with Crippen molar-refractivity contribution in [3.05, 3.63) is 75.9 Å². The minimum atomic E-state index is -5.03. The first-order chi connectivity index (χ1) is 22.4. The number of halogens is 6. The van der Waals surface area contributed by atoms with Crippen LogP contribution < -0.4 is 4.74 Å². The van der Waals surface area contributed by atoms with Gasteiger partial charge in [-0.3, -0.25) is 4.90 Å². The molecule has 0 unspecified atom stereocenters. The van der Waals surface area contributed by atoms with Crippen molar-refractivity contribution in [2.24, 2.45) is 5.41 Å². The smallest absolute Gasteiger partial charge is 0.416 e. The number of benzene rings is 2. The normalized spacial score (nSPS) is 21.6. The molecule has 0 spiro atoms. The summed E-state index contributed by atoms with van der Waals surface area (Å²) in [5, 5.41) is 0. The summed E-state index contributed by atoms with van der Waals surface area (Å²) < 4.78 is 97.7. The van der Waals surface area contributed by atoms with E-state index >= 15 is 0 Å². The zero-order chi connectivity index (χ0) is 35.2. The maximum absolute atomic E-state index is 13.6. The first-order valence-electron chi connectivity index (χ1n) is 15.6. The number of methoxy groups -OCH3 is 2. The third-order valence-corrected chi connectivity index (χ3v) is 9.40. The summed E-state index contributed by atoms with van der Waals surface area (Å²) in [7, 11) is 2.90. The van der Waals surface area contributed by atoms with Gasteiger partial charge in [-0.25, -0.2) is 9.59 Å². The molecule has 48 heavy (non-hydrogen) atoms. The quantitative estimate of drug-likeness (QED) is 0.285. The van der Waals surface area contributed by atoms with Crippen LogP contribution in [0.3, 0.4) is 0 Å². The fraction of sp³-hybridized carbons (Fsp3) is 0.486. The van der Waals surface area contributed by atoms with E-state index in [-0.39, 0.29) is 23.6 Å². The number of carbonyl (C=O) groups excluding carboxylic acids is 2. The molecular weight excluding hydrogens is 642 g/mol. The van der Waals surface area contributed by atoms with Crippen LogP contribution in [0.1, 0.15) is 80.4 Å².